The van der Waals surface area contributed by atoms with Crippen LogP contribution in [0.5, 0.6) is 0 Å². The van der Waals surface area contributed by atoms with Crippen LogP contribution in [0, 0.1) is 11.3 Å². The Bertz CT molecular complexity index is 1760. The monoisotopic (exact) mass is 554 g/mol. The Morgan fingerprint density at radius 1 is 0.976 bits per heavy atom. The fraction of sp³-hybridized carbons (Fsp3) is 0.212. The number of likely N-dealkylation sites (tertiary alicyclic amines) is 1. The van der Waals surface area contributed by atoms with E-state index in [1.807, 2.05) is 24.3 Å². The third kappa shape index (κ3) is 5.94. The van der Waals surface area contributed by atoms with Gasteiger partial charge in [-0.15, -0.1) is 0 Å². The molecule has 0 radical (unpaired) electrons. The summed E-state index contributed by atoms with van der Waals surface area (Å²) in [4.78, 5) is 32.2. The van der Waals surface area contributed by atoms with Gasteiger partial charge in [-0.05, 0) is 42.2 Å². The van der Waals surface area contributed by atoms with Crippen molar-refractivity contribution >= 4 is 22.6 Å². The maximum atomic E-state index is 12.2. The number of benzene rings is 2. The molecule has 9 heteroatoms. The minimum absolute atomic E-state index is 0.182. The van der Waals surface area contributed by atoms with Crippen molar-refractivity contribution in [3.05, 3.63) is 102 Å². The van der Waals surface area contributed by atoms with E-state index in [4.69, 9.17) is 10.2 Å². The Hall–Kier alpha value is -5.20. The van der Waals surface area contributed by atoms with Gasteiger partial charge in [-0.2, -0.15) is 5.26 Å². The average molecular weight is 555 g/mol. The number of pyridine rings is 2. The van der Waals surface area contributed by atoms with E-state index in [1.54, 1.807) is 31.6 Å². The Morgan fingerprint density at radius 2 is 1.76 bits per heavy atom. The number of piperidine rings is 1. The summed E-state index contributed by atoms with van der Waals surface area (Å²) in [6, 6.07) is 26.8. The van der Waals surface area contributed by atoms with Crippen molar-refractivity contribution in [3.8, 4) is 28.5 Å². The SMILES string of the molecule is CNC(=O)c1cc2nc(-c3ccc(CN4CCC(Nc5ccnc(C#N)n5)CC4)cc3)c(-c3ccccc3)cc2cn1. The van der Waals surface area contributed by atoms with Gasteiger partial charge in [0.25, 0.3) is 5.91 Å². The highest BCUT2D eigenvalue weighted by Gasteiger charge is 2.20. The number of rotatable bonds is 7. The van der Waals surface area contributed by atoms with Gasteiger partial charge in [0, 0.05) is 61.6 Å². The lowest BCUT2D eigenvalue weighted by Crippen LogP contribution is -2.38. The van der Waals surface area contributed by atoms with Gasteiger partial charge in [0.15, 0.2) is 0 Å². The standard InChI is InChI=1S/C33H30N8O/c1-35-33(42)29-18-28-25(20-37-29)17-27(23-5-3-2-4-6-23)32(39-28)24-9-7-22(8-10-24)21-41-15-12-26(13-16-41)38-30-11-14-36-31(19-34)40-30/h2-11,14,17-18,20,26H,12-13,15-16,21H2,1H3,(H,35,42)(H,36,38,40). The molecule has 0 atom stereocenters. The first-order chi connectivity index (χ1) is 20.6. The number of amides is 1. The van der Waals surface area contributed by atoms with E-state index >= 15 is 0 Å². The Morgan fingerprint density at radius 3 is 2.50 bits per heavy atom. The second-order valence-corrected chi connectivity index (χ2v) is 10.4. The number of anilines is 1. The number of carbonyl (C=O) groups is 1. The summed E-state index contributed by atoms with van der Waals surface area (Å²) < 4.78 is 0. The predicted octanol–water partition coefficient (Wildman–Crippen LogP) is 5.06. The molecule has 9 nitrogen and oxygen atoms in total. The molecule has 2 N–H and O–H groups in total. The Kier molecular flexibility index (Phi) is 7.79. The van der Waals surface area contributed by atoms with Gasteiger partial charge in [-0.25, -0.2) is 15.0 Å². The maximum Gasteiger partial charge on any atom is 0.269 e. The number of aromatic nitrogens is 4. The molecule has 0 saturated carbocycles. The van der Waals surface area contributed by atoms with Crippen LogP contribution in [-0.2, 0) is 6.54 Å². The van der Waals surface area contributed by atoms with Crippen molar-refractivity contribution in [1.29, 1.82) is 5.26 Å². The van der Waals surface area contributed by atoms with Gasteiger partial charge in [-0.3, -0.25) is 14.7 Å². The number of nitrogens with zero attached hydrogens (tertiary/aromatic N) is 6. The second-order valence-electron chi connectivity index (χ2n) is 10.4. The van der Waals surface area contributed by atoms with Crippen molar-refractivity contribution in [3.63, 3.8) is 0 Å². The Labute approximate surface area is 244 Å². The zero-order valence-corrected chi connectivity index (χ0v) is 23.3. The summed E-state index contributed by atoms with van der Waals surface area (Å²) in [6.07, 6.45) is 5.32. The zero-order chi connectivity index (χ0) is 28.9. The van der Waals surface area contributed by atoms with Crippen molar-refractivity contribution in [2.75, 3.05) is 25.5 Å². The summed E-state index contributed by atoms with van der Waals surface area (Å²) >= 11 is 0. The number of nitrogens with one attached hydrogen (secondary N) is 2. The quantitative estimate of drug-likeness (QED) is 0.286. The summed E-state index contributed by atoms with van der Waals surface area (Å²) in [5.41, 5.74) is 6.29. The lowest BCUT2D eigenvalue weighted by atomic mass is 9.97. The first-order valence-electron chi connectivity index (χ1n) is 14.0. The van der Waals surface area contributed by atoms with E-state index < -0.39 is 0 Å². The molecule has 0 aliphatic carbocycles. The molecule has 1 amide bonds. The molecule has 2 aromatic carbocycles. The van der Waals surface area contributed by atoms with Gasteiger partial charge >= 0.3 is 0 Å². The van der Waals surface area contributed by atoms with Crippen LogP contribution in [0.1, 0.15) is 34.7 Å². The fourth-order valence-corrected chi connectivity index (χ4v) is 5.34. The van der Waals surface area contributed by atoms with Crippen LogP contribution in [0.4, 0.5) is 5.82 Å². The van der Waals surface area contributed by atoms with Gasteiger partial charge in [-0.1, -0.05) is 54.6 Å². The molecule has 208 valence electrons. The predicted molar refractivity (Wildman–Crippen MR) is 162 cm³/mol. The first kappa shape index (κ1) is 27.0. The van der Waals surface area contributed by atoms with Crippen LogP contribution in [0.25, 0.3) is 33.3 Å². The van der Waals surface area contributed by atoms with Crippen LogP contribution in [0.15, 0.2) is 85.2 Å². The normalized spacial score (nSPS) is 13.9. The highest BCUT2D eigenvalue weighted by atomic mass is 16.1. The van der Waals surface area contributed by atoms with Crippen molar-refractivity contribution in [2.45, 2.75) is 25.4 Å². The molecule has 6 rings (SSSR count). The lowest BCUT2D eigenvalue weighted by molar-refractivity contribution is 0.0958. The van der Waals surface area contributed by atoms with E-state index in [1.165, 1.54) is 5.56 Å². The molecule has 1 fully saturated rings. The minimum Gasteiger partial charge on any atom is -0.367 e. The van der Waals surface area contributed by atoms with E-state index in [0.717, 1.165) is 65.8 Å². The number of hydrogen-bond acceptors (Lipinski definition) is 8. The summed E-state index contributed by atoms with van der Waals surface area (Å²) in [6.45, 7) is 2.82. The van der Waals surface area contributed by atoms with Gasteiger partial charge in [0.1, 0.15) is 17.6 Å². The smallest absolute Gasteiger partial charge is 0.269 e. The first-order valence-corrected chi connectivity index (χ1v) is 14.0. The second kappa shape index (κ2) is 12.1. The van der Waals surface area contributed by atoms with Crippen molar-refractivity contribution in [1.82, 2.24) is 30.2 Å². The van der Waals surface area contributed by atoms with Crippen LogP contribution in [0.3, 0.4) is 0 Å². The Balaban J connectivity index is 1.19. The van der Waals surface area contributed by atoms with E-state index in [2.05, 4.69) is 72.9 Å². The molecule has 42 heavy (non-hydrogen) atoms. The molecule has 5 aromatic rings. The summed E-state index contributed by atoms with van der Waals surface area (Å²) in [7, 11) is 1.60. The summed E-state index contributed by atoms with van der Waals surface area (Å²) in [5, 5.41) is 16.0. The minimum atomic E-state index is -0.237. The highest BCUT2D eigenvalue weighted by Crippen LogP contribution is 2.33. The lowest BCUT2D eigenvalue weighted by Gasteiger charge is -2.32. The largest absolute Gasteiger partial charge is 0.367 e. The molecule has 1 aliphatic rings. The molecule has 0 unspecified atom stereocenters. The maximum absolute atomic E-state index is 12.2. The van der Waals surface area contributed by atoms with Gasteiger partial charge < -0.3 is 10.6 Å². The van der Waals surface area contributed by atoms with Gasteiger partial charge in [0.05, 0.1) is 11.2 Å². The molecule has 3 aromatic heterocycles. The highest BCUT2D eigenvalue weighted by molar-refractivity contribution is 5.97. The molecular formula is C33H30N8O. The topological polar surface area (TPSA) is 120 Å². The molecule has 1 aliphatic heterocycles. The fourth-order valence-electron chi connectivity index (χ4n) is 5.34. The average Bonchev–Trinajstić information content (AvgIpc) is 3.05. The molecule has 1 saturated heterocycles. The van der Waals surface area contributed by atoms with Crippen LogP contribution in [0.2, 0.25) is 0 Å². The van der Waals surface area contributed by atoms with E-state index in [-0.39, 0.29) is 11.7 Å². The number of nitriles is 1. The number of carbonyl (C=O) groups excluding carboxylic acids is 1. The van der Waals surface area contributed by atoms with Crippen LogP contribution in [-0.4, -0.2) is 56.9 Å². The van der Waals surface area contributed by atoms with Crippen LogP contribution >= 0.6 is 0 Å². The number of hydrogen-bond donors (Lipinski definition) is 2. The van der Waals surface area contributed by atoms with E-state index in [0.29, 0.717) is 17.6 Å². The van der Waals surface area contributed by atoms with Crippen molar-refractivity contribution in [2.24, 2.45) is 0 Å². The zero-order valence-electron chi connectivity index (χ0n) is 23.3. The summed E-state index contributed by atoms with van der Waals surface area (Å²) in [5.74, 6) is 0.647. The molecule has 0 bridgehead atoms. The van der Waals surface area contributed by atoms with E-state index in [9.17, 15) is 4.79 Å². The third-order valence-corrected chi connectivity index (χ3v) is 7.57. The van der Waals surface area contributed by atoms with Gasteiger partial charge in [0.2, 0.25) is 5.82 Å². The van der Waals surface area contributed by atoms with Crippen LogP contribution < -0.4 is 10.6 Å². The third-order valence-electron chi connectivity index (χ3n) is 7.57. The number of fused-ring (bicyclic) bond motifs is 1. The molecule has 4 heterocycles. The van der Waals surface area contributed by atoms with Crippen molar-refractivity contribution < 1.29 is 4.79 Å². The molecular weight excluding hydrogens is 524 g/mol. The molecule has 0 spiro atoms.